The molecule has 130 valence electrons. The van der Waals surface area contributed by atoms with Crippen LogP contribution in [0.15, 0.2) is 48.5 Å². The number of halogens is 2. The maximum absolute atomic E-state index is 12.3. The Bertz CT molecular complexity index is 803. The first-order valence-corrected chi connectivity index (χ1v) is 7.00. The minimum absolute atomic E-state index is 0.00915. The lowest BCUT2D eigenvalue weighted by Gasteiger charge is -2.10. The molecule has 0 unspecified atom stereocenters. The van der Waals surface area contributed by atoms with E-state index in [0.717, 1.165) is 0 Å². The number of ether oxygens (including phenoxy) is 2. The molecule has 0 amide bonds. The Morgan fingerprint density at radius 3 is 2.40 bits per heavy atom. The molecule has 0 radical (unpaired) electrons. The van der Waals surface area contributed by atoms with Gasteiger partial charge in [0.1, 0.15) is 0 Å². The highest BCUT2D eigenvalue weighted by molar-refractivity contribution is 6.07. The number of nitro benzene ring substituents is 1. The van der Waals surface area contributed by atoms with Gasteiger partial charge in [0.15, 0.2) is 17.3 Å². The summed E-state index contributed by atoms with van der Waals surface area (Å²) in [5.74, 6) is -0.552. The van der Waals surface area contributed by atoms with Gasteiger partial charge in [-0.25, -0.2) is 0 Å². The molecular formula is C17H13F2NO5. The lowest BCUT2D eigenvalue weighted by Crippen LogP contribution is -2.04. The van der Waals surface area contributed by atoms with Gasteiger partial charge in [-0.3, -0.25) is 14.9 Å². The lowest BCUT2D eigenvalue weighted by molar-refractivity contribution is -0.384. The van der Waals surface area contributed by atoms with Crippen LogP contribution in [-0.2, 0) is 0 Å². The number of carbonyl (C=O) groups is 1. The number of alkyl halides is 2. The number of non-ortho nitro benzene ring substituents is 1. The molecule has 0 saturated heterocycles. The van der Waals surface area contributed by atoms with Gasteiger partial charge < -0.3 is 9.47 Å². The van der Waals surface area contributed by atoms with Crippen LogP contribution in [0, 0.1) is 10.1 Å². The van der Waals surface area contributed by atoms with Crippen LogP contribution in [-0.4, -0.2) is 24.4 Å². The van der Waals surface area contributed by atoms with E-state index in [0.29, 0.717) is 5.56 Å². The Hall–Kier alpha value is -3.29. The highest BCUT2D eigenvalue weighted by Gasteiger charge is 2.13. The molecule has 0 N–H and O–H groups in total. The second-order valence-electron chi connectivity index (χ2n) is 4.79. The molecular weight excluding hydrogens is 336 g/mol. The molecule has 0 atom stereocenters. The van der Waals surface area contributed by atoms with Gasteiger partial charge in [-0.1, -0.05) is 6.08 Å². The van der Waals surface area contributed by atoms with E-state index >= 15 is 0 Å². The third kappa shape index (κ3) is 4.84. The number of methoxy groups -OCH3 is 1. The standard InChI is InChI=1S/C17H13F2NO5/c1-24-16-10-12(5-9-15(16)25-17(18)19)14(21)8-4-11-2-6-13(7-3-11)20(22)23/h2-10,17H,1H3/b8-4+. The fraction of sp³-hybridized carbons (Fsp3) is 0.118. The van der Waals surface area contributed by atoms with Gasteiger partial charge in [-0.2, -0.15) is 8.78 Å². The Kier molecular flexibility index (Phi) is 5.78. The quantitative estimate of drug-likeness (QED) is 0.325. The molecule has 25 heavy (non-hydrogen) atoms. The van der Waals surface area contributed by atoms with Gasteiger partial charge in [0.2, 0.25) is 0 Å². The number of allylic oxidation sites excluding steroid dienone is 1. The third-order valence-corrected chi connectivity index (χ3v) is 3.20. The second-order valence-corrected chi connectivity index (χ2v) is 4.79. The molecule has 0 heterocycles. The van der Waals surface area contributed by atoms with Crippen molar-refractivity contribution in [2.24, 2.45) is 0 Å². The maximum atomic E-state index is 12.3. The van der Waals surface area contributed by atoms with Gasteiger partial charge in [-0.05, 0) is 42.0 Å². The molecule has 0 saturated carbocycles. The molecule has 0 bridgehead atoms. The Balaban J connectivity index is 2.15. The Morgan fingerprint density at radius 2 is 1.84 bits per heavy atom. The summed E-state index contributed by atoms with van der Waals surface area (Å²) < 4.78 is 33.8. The number of ketones is 1. The predicted octanol–water partition coefficient (Wildman–Crippen LogP) is 4.10. The lowest BCUT2D eigenvalue weighted by atomic mass is 10.1. The summed E-state index contributed by atoms with van der Waals surface area (Å²) in [6, 6.07) is 9.50. The van der Waals surface area contributed by atoms with Crippen LogP contribution < -0.4 is 9.47 Å². The van der Waals surface area contributed by atoms with Crippen LogP contribution in [0.25, 0.3) is 6.08 Å². The van der Waals surface area contributed by atoms with Gasteiger partial charge in [-0.15, -0.1) is 0 Å². The second kappa shape index (κ2) is 8.00. The number of nitrogens with zero attached hydrogens (tertiary/aromatic N) is 1. The molecule has 6 nitrogen and oxygen atoms in total. The van der Waals surface area contributed by atoms with Crippen molar-refractivity contribution in [3.63, 3.8) is 0 Å². The molecule has 0 aliphatic carbocycles. The monoisotopic (exact) mass is 349 g/mol. The highest BCUT2D eigenvalue weighted by Crippen LogP contribution is 2.29. The Labute approximate surface area is 141 Å². The molecule has 2 aromatic rings. The summed E-state index contributed by atoms with van der Waals surface area (Å²) in [4.78, 5) is 22.2. The molecule has 8 heteroatoms. The van der Waals surface area contributed by atoms with E-state index < -0.39 is 11.5 Å². The van der Waals surface area contributed by atoms with Crippen molar-refractivity contribution in [2.45, 2.75) is 6.61 Å². The van der Waals surface area contributed by atoms with Crippen LogP contribution in [0.1, 0.15) is 15.9 Å². The van der Waals surface area contributed by atoms with Gasteiger partial charge >= 0.3 is 6.61 Å². The maximum Gasteiger partial charge on any atom is 0.387 e. The van der Waals surface area contributed by atoms with Crippen molar-refractivity contribution in [2.75, 3.05) is 7.11 Å². The molecule has 0 aliphatic heterocycles. The first-order valence-electron chi connectivity index (χ1n) is 7.00. The summed E-state index contributed by atoms with van der Waals surface area (Å²) in [6.07, 6.45) is 2.76. The van der Waals surface area contributed by atoms with Crippen LogP contribution in [0.4, 0.5) is 14.5 Å². The van der Waals surface area contributed by atoms with Crippen molar-refractivity contribution in [1.29, 1.82) is 0 Å². The van der Waals surface area contributed by atoms with Crippen LogP contribution in [0.5, 0.6) is 11.5 Å². The summed E-state index contributed by atoms with van der Waals surface area (Å²) in [5.41, 5.74) is 0.767. The normalized spacial score (nSPS) is 10.9. The minimum Gasteiger partial charge on any atom is -0.493 e. The van der Waals surface area contributed by atoms with Crippen LogP contribution in [0.3, 0.4) is 0 Å². The Morgan fingerprint density at radius 1 is 1.16 bits per heavy atom. The van der Waals surface area contributed by atoms with E-state index in [4.69, 9.17) is 4.74 Å². The fourth-order valence-electron chi connectivity index (χ4n) is 1.99. The number of hydrogen-bond acceptors (Lipinski definition) is 5. The topological polar surface area (TPSA) is 78.7 Å². The molecule has 0 spiro atoms. The van der Waals surface area contributed by atoms with E-state index in [9.17, 15) is 23.7 Å². The number of rotatable bonds is 7. The number of carbonyl (C=O) groups excluding carboxylic acids is 1. The van der Waals surface area contributed by atoms with E-state index in [-0.39, 0.29) is 28.5 Å². The van der Waals surface area contributed by atoms with Crippen molar-refractivity contribution in [1.82, 2.24) is 0 Å². The van der Waals surface area contributed by atoms with Crippen molar-refractivity contribution >= 4 is 17.5 Å². The summed E-state index contributed by atoms with van der Waals surface area (Å²) >= 11 is 0. The average molecular weight is 349 g/mol. The number of hydrogen-bond donors (Lipinski definition) is 0. The van der Waals surface area contributed by atoms with Crippen molar-refractivity contribution < 1.29 is 28.0 Å². The zero-order chi connectivity index (χ0) is 18.4. The SMILES string of the molecule is COc1cc(C(=O)/C=C/c2ccc([N+](=O)[O-])cc2)ccc1OC(F)F. The largest absolute Gasteiger partial charge is 0.493 e. The summed E-state index contributed by atoms with van der Waals surface area (Å²) in [6.45, 7) is -3.00. The summed E-state index contributed by atoms with van der Waals surface area (Å²) in [7, 11) is 1.27. The van der Waals surface area contributed by atoms with Gasteiger partial charge in [0, 0.05) is 17.7 Å². The highest BCUT2D eigenvalue weighted by atomic mass is 19.3. The van der Waals surface area contributed by atoms with Crippen LogP contribution >= 0.6 is 0 Å². The zero-order valence-corrected chi connectivity index (χ0v) is 13.0. The van der Waals surface area contributed by atoms with Crippen molar-refractivity contribution in [3.8, 4) is 11.5 Å². The summed E-state index contributed by atoms with van der Waals surface area (Å²) in [5, 5.41) is 10.6. The molecule has 0 fully saturated rings. The van der Waals surface area contributed by atoms with Crippen molar-refractivity contribution in [3.05, 3.63) is 69.8 Å². The molecule has 0 aromatic heterocycles. The minimum atomic E-state index is -3.00. The first-order chi connectivity index (χ1) is 11.9. The zero-order valence-electron chi connectivity index (χ0n) is 13.0. The predicted molar refractivity (Wildman–Crippen MR) is 86.1 cm³/mol. The number of nitro groups is 1. The van der Waals surface area contributed by atoms with Crippen LogP contribution in [0.2, 0.25) is 0 Å². The van der Waals surface area contributed by atoms with E-state index in [1.165, 1.54) is 61.7 Å². The van der Waals surface area contributed by atoms with E-state index in [1.54, 1.807) is 0 Å². The third-order valence-electron chi connectivity index (χ3n) is 3.20. The smallest absolute Gasteiger partial charge is 0.387 e. The van der Waals surface area contributed by atoms with Gasteiger partial charge in [0.05, 0.1) is 12.0 Å². The number of benzene rings is 2. The molecule has 2 aromatic carbocycles. The van der Waals surface area contributed by atoms with E-state index in [1.807, 2.05) is 0 Å². The molecule has 0 aliphatic rings. The fourth-order valence-corrected chi connectivity index (χ4v) is 1.99. The average Bonchev–Trinajstić information content (AvgIpc) is 2.59. The van der Waals surface area contributed by atoms with Gasteiger partial charge in [0.25, 0.3) is 5.69 Å². The van der Waals surface area contributed by atoms with E-state index in [2.05, 4.69) is 4.74 Å². The molecule has 2 rings (SSSR count). The first kappa shape index (κ1) is 18.1.